The van der Waals surface area contributed by atoms with E-state index >= 15 is 0 Å². The van der Waals surface area contributed by atoms with Crippen LogP contribution in [0, 0.1) is 0 Å². The Bertz CT molecular complexity index is 365. The van der Waals surface area contributed by atoms with Gasteiger partial charge in [0, 0.05) is 18.4 Å². The van der Waals surface area contributed by atoms with Gasteiger partial charge in [0.1, 0.15) is 0 Å². The van der Waals surface area contributed by atoms with Crippen molar-refractivity contribution in [2.75, 3.05) is 6.54 Å². The molecule has 1 N–H and O–H groups in total. The summed E-state index contributed by atoms with van der Waals surface area (Å²) in [6.45, 7) is 3.81. The lowest BCUT2D eigenvalue weighted by Gasteiger charge is -2.29. The van der Waals surface area contributed by atoms with Crippen LogP contribution >= 0.6 is 11.6 Å². The molecule has 2 rings (SSSR count). The Morgan fingerprint density at radius 2 is 2.17 bits per heavy atom. The number of ether oxygens (including phenoxy) is 1. The average molecular weight is 269 g/mol. The molecular formula is C14H21ClN2O. The second-order valence-corrected chi connectivity index (χ2v) is 5.22. The van der Waals surface area contributed by atoms with Crippen molar-refractivity contribution in [1.82, 2.24) is 10.3 Å². The maximum Gasteiger partial charge on any atom is 0.0736 e. The molecule has 18 heavy (non-hydrogen) atoms. The van der Waals surface area contributed by atoms with E-state index in [1.807, 2.05) is 6.07 Å². The summed E-state index contributed by atoms with van der Waals surface area (Å²) in [4.78, 5) is 3.97. The van der Waals surface area contributed by atoms with Gasteiger partial charge in [-0.25, -0.2) is 0 Å². The van der Waals surface area contributed by atoms with Crippen molar-refractivity contribution < 1.29 is 4.74 Å². The molecule has 1 aromatic rings. The van der Waals surface area contributed by atoms with E-state index in [4.69, 9.17) is 16.3 Å². The molecule has 100 valence electrons. The Labute approximate surface area is 114 Å². The molecule has 0 radical (unpaired) electrons. The molecule has 0 saturated heterocycles. The van der Waals surface area contributed by atoms with Gasteiger partial charge in [-0.05, 0) is 43.9 Å². The highest BCUT2D eigenvalue weighted by Gasteiger charge is 2.20. The van der Waals surface area contributed by atoms with Crippen molar-refractivity contribution in [3.63, 3.8) is 0 Å². The van der Waals surface area contributed by atoms with Gasteiger partial charge in [-0.3, -0.25) is 4.98 Å². The first-order valence-corrected chi connectivity index (χ1v) is 7.10. The van der Waals surface area contributed by atoms with Gasteiger partial charge in [0.2, 0.25) is 0 Å². The van der Waals surface area contributed by atoms with Crippen LogP contribution in [0.15, 0.2) is 18.5 Å². The van der Waals surface area contributed by atoms with E-state index in [9.17, 15) is 0 Å². The van der Waals surface area contributed by atoms with E-state index in [1.54, 1.807) is 12.4 Å². The van der Waals surface area contributed by atoms with E-state index < -0.39 is 0 Å². The average Bonchev–Trinajstić information content (AvgIpc) is 2.40. The lowest BCUT2D eigenvalue weighted by Crippen LogP contribution is -2.35. The van der Waals surface area contributed by atoms with Crippen LogP contribution in [-0.2, 0) is 11.3 Å². The first-order chi connectivity index (χ1) is 8.79. The van der Waals surface area contributed by atoms with Gasteiger partial charge in [-0.2, -0.15) is 0 Å². The van der Waals surface area contributed by atoms with Crippen molar-refractivity contribution in [3.05, 3.63) is 29.0 Å². The monoisotopic (exact) mass is 268 g/mol. The molecule has 1 aliphatic carbocycles. The molecule has 0 spiro atoms. The fourth-order valence-electron chi connectivity index (χ4n) is 2.45. The standard InChI is InChI=1S/C14H21ClN2O/c1-2-17-12-3-5-13(6-4-12)18-10-11-7-8-16-9-14(11)15/h7-9,12-13,17H,2-6,10H2,1H3. The molecule has 0 atom stereocenters. The summed E-state index contributed by atoms with van der Waals surface area (Å²) in [5, 5.41) is 4.20. The zero-order valence-corrected chi connectivity index (χ0v) is 11.6. The normalized spacial score (nSPS) is 24.1. The van der Waals surface area contributed by atoms with Crippen LogP contribution < -0.4 is 5.32 Å². The Hall–Kier alpha value is -0.640. The zero-order chi connectivity index (χ0) is 12.8. The molecule has 0 unspecified atom stereocenters. The predicted molar refractivity (Wildman–Crippen MR) is 73.8 cm³/mol. The van der Waals surface area contributed by atoms with Gasteiger partial charge < -0.3 is 10.1 Å². The SMILES string of the molecule is CCNC1CCC(OCc2ccncc2Cl)CC1. The fourth-order valence-corrected chi connectivity index (χ4v) is 2.62. The third-order valence-corrected chi connectivity index (χ3v) is 3.84. The van der Waals surface area contributed by atoms with Gasteiger partial charge >= 0.3 is 0 Å². The molecular weight excluding hydrogens is 248 g/mol. The van der Waals surface area contributed by atoms with Crippen LogP contribution in [0.2, 0.25) is 5.02 Å². The van der Waals surface area contributed by atoms with Crippen molar-refractivity contribution in [2.24, 2.45) is 0 Å². The van der Waals surface area contributed by atoms with Crippen LogP contribution in [0.4, 0.5) is 0 Å². The first kappa shape index (κ1) is 13.8. The first-order valence-electron chi connectivity index (χ1n) is 6.73. The molecule has 4 heteroatoms. The van der Waals surface area contributed by atoms with E-state index in [2.05, 4.69) is 17.2 Å². The highest BCUT2D eigenvalue weighted by atomic mass is 35.5. The van der Waals surface area contributed by atoms with Crippen LogP contribution in [0.3, 0.4) is 0 Å². The van der Waals surface area contributed by atoms with Crippen molar-refractivity contribution >= 4 is 11.6 Å². The summed E-state index contributed by atoms with van der Waals surface area (Å²) < 4.78 is 5.94. The third-order valence-electron chi connectivity index (χ3n) is 3.50. The quantitative estimate of drug-likeness (QED) is 0.891. The number of rotatable bonds is 5. The maximum atomic E-state index is 6.05. The van der Waals surface area contributed by atoms with E-state index in [-0.39, 0.29) is 0 Å². The van der Waals surface area contributed by atoms with Crippen molar-refractivity contribution in [2.45, 2.75) is 51.4 Å². The minimum atomic E-state index is 0.379. The minimum Gasteiger partial charge on any atom is -0.373 e. The minimum absolute atomic E-state index is 0.379. The van der Waals surface area contributed by atoms with Gasteiger partial charge in [0.15, 0.2) is 0 Å². The van der Waals surface area contributed by atoms with Crippen LogP contribution in [0.5, 0.6) is 0 Å². The van der Waals surface area contributed by atoms with Gasteiger partial charge in [0.25, 0.3) is 0 Å². The molecule has 1 saturated carbocycles. The molecule has 0 bridgehead atoms. The van der Waals surface area contributed by atoms with E-state index in [1.165, 1.54) is 12.8 Å². The lowest BCUT2D eigenvalue weighted by atomic mass is 9.93. The van der Waals surface area contributed by atoms with Gasteiger partial charge in [0.05, 0.1) is 17.7 Å². The molecule has 0 aliphatic heterocycles. The van der Waals surface area contributed by atoms with E-state index in [0.29, 0.717) is 23.8 Å². The Morgan fingerprint density at radius 3 is 2.83 bits per heavy atom. The highest BCUT2D eigenvalue weighted by Crippen LogP contribution is 2.23. The summed E-state index contributed by atoms with van der Waals surface area (Å²) >= 11 is 6.05. The summed E-state index contributed by atoms with van der Waals surface area (Å²) in [6.07, 6.45) is 8.50. The van der Waals surface area contributed by atoms with Crippen LogP contribution in [0.1, 0.15) is 38.2 Å². The summed E-state index contributed by atoms with van der Waals surface area (Å²) in [5.41, 5.74) is 1.03. The Kier molecular flexibility index (Phi) is 5.42. The number of halogens is 1. The largest absolute Gasteiger partial charge is 0.373 e. The maximum absolute atomic E-state index is 6.05. The predicted octanol–water partition coefficient (Wildman–Crippen LogP) is 3.17. The second kappa shape index (κ2) is 7.07. The topological polar surface area (TPSA) is 34.1 Å². The summed E-state index contributed by atoms with van der Waals surface area (Å²) in [7, 11) is 0. The molecule has 1 aliphatic rings. The molecule has 3 nitrogen and oxygen atoms in total. The number of hydrogen-bond donors (Lipinski definition) is 1. The number of hydrogen-bond acceptors (Lipinski definition) is 3. The Morgan fingerprint density at radius 1 is 1.39 bits per heavy atom. The van der Waals surface area contributed by atoms with Crippen LogP contribution in [-0.4, -0.2) is 23.7 Å². The van der Waals surface area contributed by atoms with Crippen molar-refractivity contribution in [3.8, 4) is 0 Å². The molecule has 1 heterocycles. The van der Waals surface area contributed by atoms with Crippen molar-refractivity contribution in [1.29, 1.82) is 0 Å². The molecule has 0 aromatic carbocycles. The van der Waals surface area contributed by atoms with Crippen LogP contribution in [0.25, 0.3) is 0 Å². The highest BCUT2D eigenvalue weighted by molar-refractivity contribution is 6.31. The summed E-state index contributed by atoms with van der Waals surface area (Å²) in [6, 6.07) is 2.60. The second-order valence-electron chi connectivity index (χ2n) is 4.81. The molecule has 1 fully saturated rings. The smallest absolute Gasteiger partial charge is 0.0736 e. The van der Waals surface area contributed by atoms with E-state index in [0.717, 1.165) is 24.9 Å². The third kappa shape index (κ3) is 3.94. The summed E-state index contributed by atoms with van der Waals surface area (Å²) in [5.74, 6) is 0. The Balaban J connectivity index is 1.74. The molecule has 0 amide bonds. The van der Waals surface area contributed by atoms with Gasteiger partial charge in [-0.1, -0.05) is 18.5 Å². The number of pyridine rings is 1. The number of aromatic nitrogens is 1. The molecule has 1 aromatic heterocycles. The zero-order valence-electron chi connectivity index (χ0n) is 10.9. The van der Waals surface area contributed by atoms with Gasteiger partial charge in [-0.15, -0.1) is 0 Å². The number of nitrogens with one attached hydrogen (secondary N) is 1. The fraction of sp³-hybridized carbons (Fsp3) is 0.643. The number of nitrogens with zero attached hydrogens (tertiary/aromatic N) is 1. The lowest BCUT2D eigenvalue weighted by molar-refractivity contribution is 0.0115.